The Morgan fingerprint density at radius 2 is 1.83 bits per heavy atom. The van der Waals surface area contributed by atoms with Gasteiger partial charge in [0.15, 0.2) is 0 Å². The van der Waals surface area contributed by atoms with Crippen molar-refractivity contribution in [3.63, 3.8) is 0 Å². The minimum atomic E-state index is -4.70. The zero-order valence-electron chi connectivity index (χ0n) is 11.0. The largest absolute Gasteiger partial charge is 0.573 e. The van der Waals surface area contributed by atoms with Crippen LogP contribution in [0.5, 0.6) is 0 Å². The Labute approximate surface area is 106 Å². The van der Waals surface area contributed by atoms with E-state index in [9.17, 15) is 13.2 Å². The Kier molecular flexibility index (Phi) is 6.76. The van der Waals surface area contributed by atoms with Crippen molar-refractivity contribution < 1.29 is 17.9 Å². The summed E-state index contributed by atoms with van der Waals surface area (Å²) in [6, 6.07) is 0. The van der Waals surface area contributed by atoms with Crippen molar-refractivity contribution in [1.82, 2.24) is 4.90 Å². The van der Waals surface area contributed by atoms with Crippen LogP contribution in [0.4, 0.5) is 13.2 Å². The topological polar surface area (TPSA) is 12.5 Å². The second-order valence-corrected chi connectivity index (χ2v) is 4.42. The van der Waals surface area contributed by atoms with Gasteiger partial charge in [-0.3, -0.25) is 0 Å². The highest BCUT2D eigenvalue weighted by atomic mass is 19.4. The third-order valence-corrected chi connectivity index (χ3v) is 2.37. The van der Waals surface area contributed by atoms with Crippen LogP contribution in [0.3, 0.4) is 0 Å². The van der Waals surface area contributed by atoms with E-state index in [1.54, 1.807) is 0 Å². The molecule has 0 amide bonds. The Hall–Kier alpha value is -1.23. The molecule has 0 rings (SSSR count). The van der Waals surface area contributed by atoms with Crippen molar-refractivity contribution in [3.8, 4) is 0 Å². The molecule has 1 unspecified atom stereocenters. The first-order valence-corrected chi connectivity index (χ1v) is 5.58. The second-order valence-electron chi connectivity index (χ2n) is 4.42. The van der Waals surface area contributed by atoms with Crippen molar-refractivity contribution in [2.24, 2.45) is 5.92 Å². The van der Waals surface area contributed by atoms with E-state index in [1.165, 1.54) is 12.2 Å². The quantitative estimate of drug-likeness (QED) is 0.512. The van der Waals surface area contributed by atoms with Gasteiger partial charge in [0.05, 0.1) is 0 Å². The van der Waals surface area contributed by atoms with E-state index in [4.69, 9.17) is 0 Å². The van der Waals surface area contributed by atoms with Gasteiger partial charge in [-0.25, -0.2) is 0 Å². The van der Waals surface area contributed by atoms with Gasteiger partial charge in [-0.15, -0.1) is 13.2 Å². The minimum Gasteiger partial charge on any atom is -0.406 e. The second kappa shape index (κ2) is 7.26. The van der Waals surface area contributed by atoms with Gasteiger partial charge < -0.3 is 9.64 Å². The molecule has 0 radical (unpaired) electrons. The van der Waals surface area contributed by atoms with E-state index >= 15 is 0 Å². The van der Waals surface area contributed by atoms with Crippen LogP contribution in [0.15, 0.2) is 36.6 Å². The molecular weight excluding hydrogens is 243 g/mol. The van der Waals surface area contributed by atoms with Crippen LogP contribution in [0, 0.1) is 5.92 Å². The fourth-order valence-electron chi connectivity index (χ4n) is 1.18. The van der Waals surface area contributed by atoms with Gasteiger partial charge in [-0.05, 0) is 39.1 Å². The first-order chi connectivity index (χ1) is 8.11. The molecule has 0 aliphatic heterocycles. The van der Waals surface area contributed by atoms with Gasteiger partial charge in [0.2, 0.25) is 0 Å². The van der Waals surface area contributed by atoms with Crippen LogP contribution in [0.1, 0.15) is 13.3 Å². The summed E-state index contributed by atoms with van der Waals surface area (Å²) in [5.41, 5.74) is 0.753. The summed E-state index contributed by atoms with van der Waals surface area (Å²) in [6.07, 6.45) is -1.11. The highest BCUT2D eigenvalue weighted by Gasteiger charge is 2.30. The SMILES string of the molecule is C=C(/C=C\C(=C)C(C)CCN(C)C)OC(F)(F)F. The number of hydrogen-bond acceptors (Lipinski definition) is 2. The summed E-state index contributed by atoms with van der Waals surface area (Å²) in [4.78, 5) is 2.04. The summed E-state index contributed by atoms with van der Waals surface area (Å²) in [6.45, 7) is 9.86. The smallest absolute Gasteiger partial charge is 0.406 e. The van der Waals surface area contributed by atoms with E-state index in [0.29, 0.717) is 0 Å². The number of halogens is 3. The first kappa shape index (κ1) is 16.8. The van der Waals surface area contributed by atoms with Gasteiger partial charge in [0.25, 0.3) is 0 Å². The van der Waals surface area contributed by atoms with Crippen molar-refractivity contribution in [3.05, 3.63) is 36.6 Å². The predicted molar refractivity (Wildman–Crippen MR) is 66.9 cm³/mol. The molecule has 0 heterocycles. The minimum absolute atomic E-state index is 0.197. The Bertz CT molecular complexity index is 319. The van der Waals surface area contributed by atoms with Gasteiger partial charge >= 0.3 is 6.36 Å². The fourth-order valence-corrected chi connectivity index (χ4v) is 1.18. The average molecular weight is 263 g/mol. The third-order valence-electron chi connectivity index (χ3n) is 2.37. The number of alkyl halides is 3. The molecule has 18 heavy (non-hydrogen) atoms. The monoisotopic (exact) mass is 263 g/mol. The first-order valence-electron chi connectivity index (χ1n) is 5.58. The Morgan fingerprint density at radius 1 is 1.28 bits per heavy atom. The molecule has 0 aromatic carbocycles. The maximum absolute atomic E-state index is 11.9. The number of nitrogens with zero attached hydrogens (tertiary/aromatic N) is 1. The Morgan fingerprint density at radius 3 is 2.28 bits per heavy atom. The molecule has 0 bridgehead atoms. The van der Waals surface area contributed by atoms with Gasteiger partial charge in [0.1, 0.15) is 5.76 Å². The number of ether oxygens (including phenoxy) is 1. The van der Waals surface area contributed by atoms with Crippen LogP contribution in [0.2, 0.25) is 0 Å². The summed E-state index contributed by atoms with van der Waals surface area (Å²) in [5.74, 6) is -0.245. The molecule has 0 N–H and O–H groups in total. The zero-order chi connectivity index (χ0) is 14.3. The van der Waals surface area contributed by atoms with Crippen LogP contribution >= 0.6 is 0 Å². The normalized spacial score (nSPS) is 13.9. The molecule has 0 saturated carbocycles. The van der Waals surface area contributed by atoms with Crippen LogP contribution in [0.25, 0.3) is 0 Å². The van der Waals surface area contributed by atoms with Crippen molar-refractivity contribution in [2.75, 3.05) is 20.6 Å². The molecule has 0 saturated heterocycles. The fraction of sp³-hybridized carbons (Fsp3) is 0.538. The molecule has 0 spiro atoms. The van der Waals surface area contributed by atoms with Gasteiger partial charge in [0, 0.05) is 0 Å². The van der Waals surface area contributed by atoms with E-state index in [-0.39, 0.29) is 5.92 Å². The Balaban J connectivity index is 4.18. The molecular formula is C13H20F3NO. The number of hydrogen-bond donors (Lipinski definition) is 0. The average Bonchev–Trinajstić information content (AvgIpc) is 2.19. The van der Waals surface area contributed by atoms with Crippen LogP contribution in [-0.4, -0.2) is 31.9 Å². The number of allylic oxidation sites excluding steroid dienone is 3. The molecule has 5 heteroatoms. The number of rotatable bonds is 7. The lowest BCUT2D eigenvalue weighted by Gasteiger charge is -2.15. The molecule has 0 aliphatic carbocycles. The predicted octanol–water partition coefficient (Wildman–Crippen LogP) is 3.74. The summed E-state index contributed by atoms with van der Waals surface area (Å²) < 4.78 is 39.2. The molecule has 0 aliphatic rings. The lowest BCUT2D eigenvalue weighted by molar-refractivity contribution is -0.303. The summed E-state index contributed by atoms with van der Waals surface area (Å²) in [7, 11) is 3.93. The van der Waals surface area contributed by atoms with Crippen LogP contribution in [-0.2, 0) is 4.74 Å². The zero-order valence-corrected chi connectivity index (χ0v) is 11.0. The van der Waals surface area contributed by atoms with E-state index < -0.39 is 12.1 Å². The van der Waals surface area contributed by atoms with Crippen LogP contribution < -0.4 is 0 Å². The van der Waals surface area contributed by atoms with Crippen molar-refractivity contribution >= 4 is 0 Å². The molecule has 1 atom stereocenters. The maximum Gasteiger partial charge on any atom is 0.573 e. The third kappa shape index (κ3) is 8.87. The molecule has 0 aromatic heterocycles. The molecule has 0 fully saturated rings. The van der Waals surface area contributed by atoms with Crippen molar-refractivity contribution in [2.45, 2.75) is 19.7 Å². The van der Waals surface area contributed by atoms with Gasteiger partial charge in [-0.2, -0.15) is 0 Å². The molecule has 104 valence electrons. The maximum atomic E-state index is 11.9. The van der Waals surface area contributed by atoms with E-state index in [1.807, 2.05) is 25.9 Å². The lowest BCUT2D eigenvalue weighted by atomic mass is 9.98. The van der Waals surface area contributed by atoms with Gasteiger partial charge in [-0.1, -0.05) is 31.7 Å². The van der Waals surface area contributed by atoms with Crippen molar-refractivity contribution in [1.29, 1.82) is 0 Å². The lowest BCUT2D eigenvalue weighted by Crippen LogP contribution is -2.16. The standard InChI is InChI=1S/C13H20F3NO/c1-10(11(2)8-9-17(4)5)6-7-12(3)18-13(14,15)16/h6-7,11H,1,3,8-9H2,2,4-5H3/b7-6-. The van der Waals surface area contributed by atoms with E-state index in [2.05, 4.69) is 17.9 Å². The highest BCUT2D eigenvalue weighted by Crippen LogP contribution is 2.21. The summed E-state index contributed by atoms with van der Waals surface area (Å²) in [5, 5.41) is 0. The van der Waals surface area contributed by atoms with E-state index in [0.717, 1.165) is 18.5 Å². The molecule has 0 aromatic rings. The molecule has 2 nitrogen and oxygen atoms in total. The highest BCUT2D eigenvalue weighted by molar-refractivity contribution is 5.23. The summed E-state index contributed by atoms with van der Waals surface area (Å²) >= 11 is 0.